The summed E-state index contributed by atoms with van der Waals surface area (Å²) >= 11 is 0. The first-order valence-corrected chi connectivity index (χ1v) is 20.1. The summed E-state index contributed by atoms with van der Waals surface area (Å²) in [5, 5.41) is 15.1. The molecule has 237 valence electrons. The van der Waals surface area contributed by atoms with Crippen LogP contribution in [0, 0.1) is 11.2 Å². The first-order chi connectivity index (χ1) is 19.8. The van der Waals surface area contributed by atoms with Gasteiger partial charge in [0.15, 0.2) is 8.32 Å². The molecule has 0 aliphatic carbocycles. The molecule has 0 aliphatic heterocycles. The highest BCUT2D eigenvalue weighted by Crippen LogP contribution is 2.38. The molecule has 2 atom stereocenters. The second kappa shape index (κ2) is 13.5. The minimum absolute atomic E-state index is 0.0424. The second-order valence-electron chi connectivity index (χ2n) is 13.9. The van der Waals surface area contributed by atoms with Gasteiger partial charge in [-0.1, -0.05) is 59.6 Å². The number of aromatic nitrogens is 3. The van der Waals surface area contributed by atoms with Crippen molar-refractivity contribution in [3.63, 3.8) is 0 Å². The summed E-state index contributed by atoms with van der Waals surface area (Å²) in [5.41, 5.74) is 1.48. The molecule has 2 N–H and O–H groups in total. The molecular formula is C31H49FN5O4Si2. The third kappa shape index (κ3) is 8.87. The average Bonchev–Trinajstić information content (AvgIpc) is 3.35. The maximum atomic E-state index is 14.9. The third-order valence-electron chi connectivity index (χ3n) is 7.92. The van der Waals surface area contributed by atoms with Crippen LogP contribution in [0.1, 0.15) is 54.0 Å². The van der Waals surface area contributed by atoms with Gasteiger partial charge in [0, 0.05) is 19.3 Å². The minimum Gasteiger partial charge on any atom is -0.415 e. The number of nitrogens with zero attached hydrogens (tertiary/aromatic N) is 3. The number of aryl methyl sites for hydroxylation is 2. The van der Waals surface area contributed by atoms with Crippen LogP contribution < -0.4 is 16.2 Å². The molecule has 0 spiro atoms. The van der Waals surface area contributed by atoms with Crippen LogP contribution in [-0.4, -0.2) is 50.9 Å². The van der Waals surface area contributed by atoms with Crippen LogP contribution in [0.25, 0.3) is 11.5 Å². The van der Waals surface area contributed by atoms with Crippen molar-refractivity contribution < 1.29 is 17.7 Å². The lowest BCUT2D eigenvalue weighted by Crippen LogP contribution is -2.51. The fourth-order valence-electron chi connectivity index (χ4n) is 4.31. The number of nitrogens with one attached hydrogen (secondary N) is 2. The van der Waals surface area contributed by atoms with Gasteiger partial charge in [-0.15, -0.1) is 5.10 Å². The average molecular weight is 631 g/mol. The van der Waals surface area contributed by atoms with Gasteiger partial charge in [-0.25, -0.2) is 4.39 Å². The van der Waals surface area contributed by atoms with Crippen molar-refractivity contribution in [1.82, 2.24) is 14.8 Å². The molecule has 0 amide bonds. The van der Waals surface area contributed by atoms with Gasteiger partial charge in [-0.05, 0) is 60.8 Å². The molecule has 1 radical (unpaired) electrons. The summed E-state index contributed by atoms with van der Waals surface area (Å²) in [6.45, 7) is 24.2. The molecule has 0 saturated heterocycles. The Bertz CT molecular complexity index is 1440. The molecule has 0 fully saturated rings. The Morgan fingerprint density at radius 2 is 1.77 bits per heavy atom. The first kappa shape index (κ1) is 34.7. The minimum atomic E-state index is -2.07. The zero-order valence-electron chi connectivity index (χ0n) is 27.8. The molecule has 0 bridgehead atoms. The molecule has 3 aromatic rings. The maximum absolute atomic E-state index is 14.9. The van der Waals surface area contributed by atoms with Crippen LogP contribution >= 0.6 is 0 Å². The van der Waals surface area contributed by atoms with Crippen molar-refractivity contribution in [1.29, 1.82) is 0 Å². The highest BCUT2D eigenvalue weighted by Gasteiger charge is 2.41. The van der Waals surface area contributed by atoms with E-state index in [-0.39, 0.29) is 45.8 Å². The number of rotatable bonds is 12. The van der Waals surface area contributed by atoms with Crippen LogP contribution in [0.3, 0.4) is 0 Å². The summed E-state index contributed by atoms with van der Waals surface area (Å²) in [6, 6.07) is 6.32. The van der Waals surface area contributed by atoms with Gasteiger partial charge in [-0.3, -0.25) is 4.79 Å². The van der Waals surface area contributed by atoms with E-state index in [4.69, 9.17) is 13.3 Å². The standard InChI is InChI=1S/C31H49FN5O4Si2/c1-13-20-14-15-23(22(32)16-20)33-24-17-26(38)37(8)18-21(24)28-35-36-29(40-28)34-25(19-39-43(11,12)31(5,6)7)27(30(2,3)4)41-42(9)10/h14-18,25,27,33H,13,19H2,1-12H3,(H,34,36). The van der Waals surface area contributed by atoms with Gasteiger partial charge in [0.05, 0.1) is 35.7 Å². The molecule has 2 unspecified atom stereocenters. The maximum Gasteiger partial charge on any atom is 0.316 e. The van der Waals surface area contributed by atoms with Gasteiger partial charge >= 0.3 is 6.01 Å². The highest BCUT2D eigenvalue weighted by molar-refractivity contribution is 6.74. The van der Waals surface area contributed by atoms with E-state index in [1.165, 1.54) is 16.7 Å². The van der Waals surface area contributed by atoms with E-state index >= 15 is 0 Å². The monoisotopic (exact) mass is 630 g/mol. The summed E-state index contributed by atoms with van der Waals surface area (Å²) in [6.07, 6.45) is 2.12. The van der Waals surface area contributed by atoms with E-state index in [0.717, 1.165) is 5.56 Å². The van der Waals surface area contributed by atoms with Crippen LogP contribution in [-0.2, 0) is 22.3 Å². The van der Waals surface area contributed by atoms with Crippen molar-refractivity contribution in [3.05, 3.63) is 52.2 Å². The van der Waals surface area contributed by atoms with Crippen LogP contribution in [0.4, 0.5) is 21.8 Å². The quantitative estimate of drug-likeness (QED) is 0.200. The molecular weight excluding hydrogens is 582 g/mol. The molecule has 12 heteroatoms. The van der Waals surface area contributed by atoms with Crippen LogP contribution in [0.2, 0.25) is 31.2 Å². The van der Waals surface area contributed by atoms with Crippen molar-refractivity contribution in [2.75, 3.05) is 17.2 Å². The number of anilines is 3. The first-order valence-electron chi connectivity index (χ1n) is 14.8. The highest BCUT2D eigenvalue weighted by atomic mass is 28.4. The SMILES string of the molecule is CCc1ccc(Nc2cc(=O)n(C)cc2-c2nnc(NC(CO[Si](C)(C)C(C)(C)C)C(O[Si](C)C)C(C)(C)C)o2)c(F)c1. The molecule has 0 aliphatic rings. The second-order valence-corrected chi connectivity index (χ2v) is 20.8. The summed E-state index contributed by atoms with van der Waals surface area (Å²) < 4.78 is 35.6. The number of pyridine rings is 1. The van der Waals surface area contributed by atoms with E-state index in [9.17, 15) is 9.18 Å². The number of benzene rings is 1. The van der Waals surface area contributed by atoms with E-state index in [1.54, 1.807) is 19.3 Å². The zero-order valence-corrected chi connectivity index (χ0v) is 29.8. The normalized spacial score (nSPS) is 14.2. The Kier molecular flexibility index (Phi) is 10.8. The van der Waals surface area contributed by atoms with E-state index in [2.05, 4.69) is 88.6 Å². The van der Waals surface area contributed by atoms with E-state index < -0.39 is 23.2 Å². The molecule has 0 saturated carbocycles. The van der Waals surface area contributed by atoms with Crippen molar-refractivity contribution >= 4 is 34.7 Å². The van der Waals surface area contributed by atoms with Gasteiger partial charge in [-0.2, -0.15) is 0 Å². The molecule has 9 nitrogen and oxygen atoms in total. The van der Waals surface area contributed by atoms with Gasteiger partial charge in [0.25, 0.3) is 11.4 Å². The van der Waals surface area contributed by atoms with Gasteiger partial charge < -0.3 is 28.5 Å². The summed E-state index contributed by atoms with van der Waals surface area (Å²) in [7, 11) is -1.48. The lowest BCUT2D eigenvalue weighted by atomic mass is 9.85. The Labute approximate surface area is 258 Å². The summed E-state index contributed by atoms with van der Waals surface area (Å²) in [5.74, 6) is -0.233. The fourth-order valence-corrected chi connectivity index (χ4v) is 6.37. The Morgan fingerprint density at radius 1 is 1.09 bits per heavy atom. The molecule has 3 rings (SSSR count). The topological polar surface area (TPSA) is 103 Å². The number of halogens is 1. The number of hydrogen-bond donors (Lipinski definition) is 2. The molecule has 1 aromatic carbocycles. The van der Waals surface area contributed by atoms with E-state index in [0.29, 0.717) is 24.3 Å². The third-order valence-corrected chi connectivity index (χ3v) is 13.1. The smallest absolute Gasteiger partial charge is 0.316 e. The lowest BCUT2D eigenvalue weighted by Gasteiger charge is -2.41. The molecule has 2 aromatic heterocycles. The van der Waals surface area contributed by atoms with Gasteiger partial charge in [0.1, 0.15) is 5.82 Å². The predicted molar refractivity (Wildman–Crippen MR) is 176 cm³/mol. The lowest BCUT2D eigenvalue weighted by molar-refractivity contribution is 0.0503. The van der Waals surface area contributed by atoms with Gasteiger partial charge in [0.2, 0.25) is 9.04 Å². The number of hydrogen-bond acceptors (Lipinski definition) is 8. The fraction of sp³-hybridized carbons (Fsp3) is 0.581. The van der Waals surface area contributed by atoms with Crippen molar-refractivity contribution in [2.45, 2.75) is 98.3 Å². The predicted octanol–water partition coefficient (Wildman–Crippen LogP) is 7.37. The summed E-state index contributed by atoms with van der Waals surface area (Å²) in [4.78, 5) is 12.6. The van der Waals surface area contributed by atoms with Crippen molar-refractivity contribution in [2.24, 2.45) is 12.5 Å². The van der Waals surface area contributed by atoms with Crippen molar-refractivity contribution in [3.8, 4) is 11.5 Å². The molecule has 43 heavy (non-hydrogen) atoms. The van der Waals surface area contributed by atoms with E-state index in [1.807, 2.05) is 13.0 Å². The van der Waals surface area contributed by atoms with Crippen LogP contribution in [0.15, 0.2) is 39.7 Å². The largest absolute Gasteiger partial charge is 0.415 e. The zero-order chi connectivity index (χ0) is 32.3. The Morgan fingerprint density at radius 3 is 2.33 bits per heavy atom. The van der Waals surface area contributed by atoms with Crippen LogP contribution in [0.5, 0.6) is 0 Å². The molecule has 2 heterocycles. The Balaban J connectivity index is 1.98. The Hall–Kier alpha value is -2.81.